The monoisotopic (exact) mass is 335 g/mol. The number of alkyl halides is 3. The van der Waals surface area contributed by atoms with Crippen molar-refractivity contribution < 1.29 is 22.7 Å². The quantitative estimate of drug-likeness (QED) is 0.807. The minimum Gasteiger partial charge on any atom is -0.446 e. The largest absolute Gasteiger partial charge is 0.446 e. The Morgan fingerprint density at radius 3 is 2.52 bits per heavy atom. The van der Waals surface area contributed by atoms with E-state index in [2.05, 4.69) is 20.8 Å². The number of carbonyl (C=O) groups is 1. The zero-order chi connectivity index (χ0) is 17.2. The van der Waals surface area contributed by atoms with Crippen LogP contribution in [0, 0.1) is 29.6 Å². The lowest BCUT2D eigenvalue weighted by Gasteiger charge is -2.49. The minimum absolute atomic E-state index is 0.230. The van der Waals surface area contributed by atoms with Gasteiger partial charge in [-0.15, -0.1) is 0 Å². The van der Waals surface area contributed by atoms with E-state index in [9.17, 15) is 18.0 Å². The minimum atomic E-state index is -4.41. The molecule has 23 heavy (non-hydrogen) atoms. The number of ether oxygens (including phenoxy) is 1. The van der Waals surface area contributed by atoms with Gasteiger partial charge >= 0.3 is 12.3 Å². The molecule has 2 rings (SSSR count). The van der Waals surface area contributed by atoms with Gasteiger partial charge in [0, 0.05) is 5.92 Å². The van der Waals surface area contributed by atoms with Crippen LogP contribution in [-0.2, 0) is 4.74 Å². The Balaban J connectivity index is 2.07. The Hall–Kier alpha value is -0.940. The molecule has 2 saturated carbocycles. The second-order valence-electron chi connectivity index (χ2n) is 7.57. The fraction of sp³-hybridized carbons (Fsp3) is 0.941. The van der Waals surface area contributed by atoms with E-state index in [0.717, 1.165) is 25.7 Å². The van der Waals surface area contributed by atoms with Crippen LogP contribution in [-0.4, -0.2) is 24.9 Å². The maximum atomic E-state index is 12.3. The molecule has 0 aliphatic heterocycles. The lowest BCUT2D eigenvalue weighted by atomic mass is 9.60. The molecule has 0 aromatic carbocycles. The van der Waals surface area contributed by atoms with Crippen LogP contribution in [0.3, 0.4) is 0 Å². The van der Waals surface area contributed by atoms with Gasteiger partial charge in [-0.1, -0.05) is 40.0 Å². The Kier molecular flexibility index (Phi) is 5.84. The van der Waals surface area contributed by atoms with Crippen LogP contribution in [0.5, 0.6) is 0 Å². The lowest BCUT2D eigenvalue weighted by Crippen LogP contribution is -2.49. The molecule has 2 aliphatic carbocycles. The summed E-state index contributed by atoms with van der Waals surface area (Å²) in [7, 11) is 0. The average molecular weight is 335 g/mol. The summed E-state index contributed by atoms with van der Waals surface area (Å²) in [6.07, 6.45) is -0.0377. The van der Waals surface area contributed by atoms with Crippen LogP contribution >= 0.6 is 0 Å². The molecule has 3 nitrogen and oxygen atoms in total. The molecular weight excluding hydrogens is 307 g/mol. The molecule has 0 bridgehead atoms. The van der Waals surface area contributed by atoms with Crippen molar-refractivity contribution >= 4 is 6.09 Å². The Bertz CT molecular complexity index is 411. The van der Waals surface area contributed by atoms with Gasteiger partial charge in [0.2, 0.25) is 0 Å². The zero-order valence-electron chi connectivity index (χ0n) is 14.2. The first-order chi connectivity index (χ1) is 10.7. The van der Waals surface area contributed by atoms with Crippen LogP contribution in [0.1, 0.15) is 52.9 Å². The van der Waals surface area contributed by atoms with Gasteiger partial charge in [-0.3, -0.25) is 0 Å². The predicted octanol–water partition coefficient (Wildman–Crippen LogP) is 4.76. The van der Waals surface area contributed by atoms with Crippen molar-refractivity contribution in [1.29, 1.82) is 0 Å². The third-order valence-electron chi connectivity index (χ3n) is 5.64. The van der Waals surface area contributed by atoms with Crippen molar-refractivity contribution in [1.82, 2.24) is 5.32 Å². The number of alkyl carbamates (subject to hydrolysis) is 1. The number of hydrogen-bond acceptors (Lipinski definition) is 2. The first kappa shape index (κ1) is 18.4. The number of carbonyl (C=O) groups excluding carboxylic acids is 1. The molecular formula is C17H28F3NO2. The molecule has 5 atom stereocenters. The molecule has 0 unspecified atom stereocenters. The highest BCUT2D eigenvalue weighted by molar-refractivity contribution is 5.67. The molecule has 0 radical (unpaired) electrons. The third-order valence-corrected chi connectivity index (χ3v) is 5.64. The highest BCUT2D eigenvalue weighted by Gasteiger charge is 2.46. The maximum absolute atomic E-state index is 12.3. The van der Waals surface area contributed by atoms with Gasteiger partial charge in [-0.2, -0.15) is 13.2 Å². The van der Waals surface area contributed by atoms with E-state index >= 15 is 0 Å². The standard InChI is InChI=1S/C17H28F3NO2/c1-10(2)13-8-7-12-6-4-5-11(3)14(12)15(13)23-16(22)21-9-17(18,19)20/h10-15H,4-9H2,1-3H3,(H,21,22)/t11-,12+,13-,14-,15-/m0/s1. The number of halogens is 3. The van der Waals surface area contributed by atoms with Gasteiger partial charge in [0.1, 0.15) is 12.6 Å². The fourth-order valence-corrected chi connectivity index (χ4v) is 4.55. The summed E-state index contributed by atoms with van der Waals surface area (Å²) in [6.45, 7) is 5.04. The van der Waals surface area contributed by atoms with Gasteiger partial charge < -0.3 is 10.1 Å². The summed E-state index contributed by atoms with van der Waals surface area (Å²) in [6, 6.07) is 0. The van der Waals surface area contributed by atoms with Crippen LogP contribution in [0.4, 0.5) is 18.0 Å². The van der Waals surface area contributed by atoms with E-state index in [-0.39, 0.29) is 17.9 Å². The molecule has 0 heterocycles. The number of hydrogen-bond donors (Lipinski definition) is 1. The summed E-state index contributed by atoms with van der Waals surface area (Å²) in [5, 5.41) is 1.85. The number of fused-ring (bicyclic) bond motifs is 1. The van der Waals surface area contributed by atoms with Crippen LogP contribution < -0.4 is 5.32 Å². The summed E-state index contributed by atoms with van der Waals surface area (Å²) < 4.78 is 42.3. The maximum Gasteiger partial charge on any atom is 0.407 e. The average Bonchev–Trinajstić information content (AvgIpc) is 2.44. The molecule has 1 N–H and O–H groups in total. The number of amides is 1. The van der Waals surface area contributed by atoms with Crippen molar-refractivity contribution in [3.63, 3.8) is 0 Å². The number of nitrogens with one attached hydrogen (secondary N) is 1. The van der Waals surface area contributed by atoms with Gasteiger partial charge in [-0.05, 0) is 36.5 Å². The Morgan fingerprint density at radius 2 is 1.91 bits per heavy atom. The predicted molar refractivity (Wildman–Crippen MR) is 81.9 cm³/mol. The van der Waals surface area contributed by atoms with E-state index in [4.69, 9.17) is 4.74 Å². The van der Waals surface area contributed by atoms with E-state index in [1.54, 1.807) is 0 Å². The van der Waals surface area contributed by atoms with E-state index in [1.165, 1.54) is 6.42 Å². The Labute approximate surface area is 136 Å². The summed E-state index contributed by atoms with van der Waals surface area (Å²) in [5.74, 6) is 1.85. The van der Waals surface area contributed by atoms with Crippen molar-refractivity contribution in [3.05, 3.63) is 0 Å². The smallest absolute Gasteiger partial charge is 0.407 e. The fourth-order valence-electron chi connectivity index (χ4n) is 4.55. The summed E-state index contributed by atoms with van der Waals surface area (Å²) in [5.41, 5.74) is 0. The Morgan fingerprint density at radius 1 is 1.22 bits per heavy atom. The van der Waals surface area contributed by atoms with Crippen molar-refractivity contribution in [2.24, 2.45) is 29.6 Å². The van der Waals surface area contributed by atoms with Gasteiger partial charge in [0.15, 0.2) is 0 Å². The topological polar surface area (TPSA) is 38.3 Å². The summed E-state index contributed by atoms with van der Waals surface area (Å²) in [4.78, 5) is 11.9. The molecule has 0 spiro atoms. The number of rotatable bonds is 3. The second-order valence-corrected chi connectivity index (χ2v) is 7.57. The molecule has 6 heteroatoms. The SMILES string of the molecule is CC(C)[C@@H]1CC[C@H]2CCC[C@H](C)[C@@H]2[C@H]1OC(=O)NCC(F)(F)F. The van der Waals surface area contributed by atoms with Crippen LogP contribution in [0.25, 0.3) is 0 Å². The highest BCUT2D eigenvalue weighted by atomic mass is 19.4. The van der Waals surface area contributed by atoms with E-state index in [1.807, 2.05) is 5.32 Å². The molecule has 1 amide bonds. The first-order valence-electron chi connectivity index (χ1n) is 8.70. The van der Waals surface area contributed by atoms with Crippen molar-refractivity contribution in [2.45, 2.75) is 65.2 Å². The van der Waals surface area contributed by atoms with Crippen molar-refractivity contribution in [2.75, 3.05) is 6.54 Å². The molecule has 2 aliphatic rings. The van der Waals surface area contributed by atoms with Gasteiger partial charge in [0.25, 0.3) is 0 Å². The molecule has 0 saturated heterocycles. The van der Waals surface area contributed by atoms with Crippen LogP contribution in [0.2, 0.25) is 0 Å². The first-order valence-corrected chi connectivity index (χ1v) is 8.70. The highest BCUT2D eigenvalue weighted by Crippen LogP contribution is 2.48. The summed E-state index contributed by atoms with van der Waals surface area (Å²) >= 11 is 0. The molecule has 134 valence electrons. The zero-order valence-corrected chi connectivity index (χ0v) is 14.2. The molecule has 0 aromatic heterocycles. The normalized spacial score (nSPS) is 34.8. The molecule has 2 fully saturated rings. The molecule has 0 aromatic rings. The van der Waals surface area contributed by atoms with E-state index in [0.29, 0.717) is 17.8 Å². The van der Waals surface area contributed by atoms with E-state index < -0.39 is 18.8 Å². The van der Waals surface area contributed by atoms with Crippen LogP contribution in [0.15, 0.2) is 0 Å². The van der Waals surface area contributed by atoms with Crippen molar-refractivity contribution in [3.8, 4) is 0 Å². The second kappa shape index (κ2) is 7.31. The lowest BCUT2D eigenvalue weighted by molar-refractivity contribution is -0.126. The van der Waals surface area contributed by atoms with Gasteiger partial charge in [-0.25, -0.2) is 4.79 Å². The third kappa shape index (κ3) is 4.77. The van der Waals surface area contributed by atoms with Gasteiger partial charge in [0.05, 0.1) is 0 Å².